The lowest BCUT2D eigenvalue weighted by atomic mass is 10.0. The Morgan fingerprint density at radius 2 is 1.90 bits per heavy atom. The number of aryl methyl sites for hydroxylation is 1. The average Bonchev–Trinajstić information content (AvgIpc) is 2.48. The number of sulfonamides is 1. The molecule has 5 heteroatoms. The molecule has 1 saturated heterocycles. The summed E-state index contributed by atoms with van der Waals surface area (Å²) in [5.74, 6) is 0.624. The predicted octanol–water partition coefficient (Wildman–Crippen LogP) is 2.39. The van der Waals surface area contributed by atoms with Crippen molar-refractivity contribution in [3.8, 4) is 0 Å². The third kappa shape index (κ3) is 3.65. The molecule has 1 aliphatic heterocycles. The number of nitrogens with one attached hydrogen (secondary N) is 1. The Morgan fingerprint density at radius 1 is 1.24 bits per heavy atom. The molecule has 1 N–H and O–H groups in total. The Labute approximate surface area is 128 Å². The molecule has 0 bridgehead atoms. The quantitative estimate of drug-likeness (QED) is 0.908. The molecular weight excluding hydrogens is 284 g/mol. The van der Waals surface area contributed by atoms with Gasteiger partial charge in [-0.15, -0.1) is 0 Å². The van der Waals surface area contributed by atoms with Crippen molar-refractivity contribution >= 4 is 10.0 Å². The number of rotatable bonds is 5. The van der Waals surface area contributed by atoms with Crippen LogP contribution in [-0.4, -0.2) is 32.9 Å². The van der Waals surface area contributed by atoms with E-state index in [1.165, 1.54) is 5.56 Å². The summed E-state index contributed by atoms with van der Waals surface area (Å²) in [7, 11) is -1.46. The van der Waals surface area contributed by atoms with Crippen LogP contribution in [0, 0.1) is 5.92 Å². The maximum Gasteiger partial charge on any atom is 0.243 e. The summed E-state index contributed by atoms with van der Waals surface area (Å²) in [6.07, 6.45) is 2.82. The fraction of sp³-hybridized carbons (Fsp3) is 0.625. The summed E-state index contributed by atoms with van der Waals surface area (Å²) in [4.78, 5) is 0.430. The highest BCUT2D eigenvalue weighted by molar-refractivity contribution is 7.89. The van der Waals surface area contributed by atoms with Gasteiger partial charge in [0.25, 0.3) is 0 Å². The molecule has 0 saturated carbocycles. The summed E-state index contributed by atoms with van der Waals surface area (Å²) < 4.78 is 27.1. The fourth-order valence-corrected chi connectivity index (χ4v) is 4.36. The van der Waals surface area contributed by atoms with Gasteiger partial charge in [0.1, 0.15) is 0 Å². The van der Waals surface area contributed by atoms with Crippen molar-refractivity contribution in [2.75, 3.05) is 20.1 Å². The summed E-state index contributed by atoms with van der Waals surface area (Å²) in [5, 5.41) is 3.11. The molecule has 21 heavy (non-hydrogen) atoms. The molecule has 1 aliphatic rings. The van der Waals surface area contributed by atoms with Gasteiger partial charge in [-0.05, 0) is 55.5 Å². The van der Waals surface area contributed by atoms with Crippen LogP contribution in [0.2, 0.25) is 0 Å². The number of hydrogen-bond acceptors (Lipinski definition) is 3. The largest absolute Gasteiger partial charge is 0.316 e. The molecule has 0 unspecified atom stereocenters. The van der Waals surface area contributed by atoms with Crippen molar-refractivity contribution in [2.24, 2.45) is 5.92 Å². The summed E-state index contributed by atoms with van der Waals surface area (Å²) in [6, 6.07) is 5.54. The van der Waals surface area contributed by atoms with E-state index in [-0.39, 0.29) is 0 Å². The molecule has 1 heterocycles. The Hall–Kier alpha value is -0.910. The van der Waals surface area contributed by atoms with Crippen molar-refractivity contribution in [3.05, 3.63) is 29.3 Å². The molecule has 0 radical (unpaired) electrons. The van der Waals surface area contributed by atoms with Crippen molar-refractivity contribution in [1.82, 2.24) is 9.62 Å². The van der Waals surface area contributed by atoms with Gasteiger partial charge in [-0.25, -0.2) is 8.42 Å². The van der Waals surface area contributed by atoms with Crippen LogP contribution in [0.15, 0.2) is 23.1 Å². The molecule has 1 aromatic carbocycles. The van der Waals surface area contributed by atoms with E-state index in [0.29, 0.717) is 30.4 Å². The predicted molar refractivity (Wildman–Crippen MR) is 85.7 cm³/mol. The van der Waals surface area contributed by atoms with Crippen LogP contribution in [0.5, 0.6) is 0 Å². The zero-order valence-corrected chi connectivity index (χ0v) is 14.0. The van der Waals surface area contributed by atoms with Gasteiger partial charge in [-0.1, -0.05) is 19.9 Å². The Bertz CT molecular complexity index is 576. The first-order chi connectivity index (χ1) is 9.98. The molecule has 1 fully saturated rings. The Morgan fingerprint density at radius 3 is 2.48 bits per heavy atom. The van der Waals surface area contributed by atoms with Gasteiger partial charge in [0, 0.05) is 19.6 Å². The minimum absolute atomic E-state index is 0.430. The molecule has 0 atom stereocenters. The van der Waals surface area contributed by atoms with E-state index in [2.05, 4.69) is 19.2 Å². The first kappa shape index (κ1) is 16.5. The maximum absolute atomic E-state index is 12.8. The smallest absolute Gasteiger partial charge is 0.243 e. The Balaban J connectivity index is 2.29. The van der Waals surface area contributed by atoms with Crippen LogP contribution in [0.3, 0.4) is 0 Å². The summed E-state index contributed by atoms with van der Waals surface area (Å²) in [6.45, 7) is 6.25. The number of hydrogen-bond donors (Lipinski definition) is 1. The van der Waals surface area contributed by atoms with Gasteiger partial charge in [0.2, 0.25) is 10.0 Å². The number of benzene rings is 1. The van der Waals surface area contributed by atoms with E-state index in [4.69, 9.17) is 0 Å². The molecule has 0 aromatic heterocycles. The lowest BCUT2D eigenvalue weighted by Gasteiger charge is -2.29. The van der Waals surface area contributed by atoms with Crippen molar-refractivity contribution in [2.45, 2.75) is 44.6 Å². The van der Waals surface area contributed by atoms with Crippen LogP contribution in [0.25, 0.3) is 0 Å². The van der Waals surface area contributed by atoms with Gasteiger partial charge < -0.3 is 5.32 Å². The molecule has 0 amide bonds. The standard InChI is InChI=1S/C16H26N2O2S/c1-4-14-5-6-16(11-15(14)12-17-3)21(19,20)18-9-7-13(2)8-10-18/h5-6,11,13,17H,4,7-10,12H2,1-3H3. The molecule has 1 aromatic rings. The second kappa shape index (κ2) is 6.90. The topological polar surface area (TPSA) is 49.4 Å². The minimum atomic E-state index is -3.35. The third-order valence-electron chi connectivity index (χ3n) is 4.31. The van der Waals surface area contributed by atoms with E-state index in [9.17, 15) is 8.42 Å². The van der Waals surface area contributed by atoms with E-state index in [0.717, 1.165) is 24.8 Å². The van der Waals surface area contributed by atoms with Gasteiger partial charge in [-0.2, -0.15) is 4.31 Å². The summed E-state index contributed by atoms with van der Waals surface area (Å²) >= 11 is 0. The Kier molecular flexibility index (Phi) is 5.41. The SMILES string of the molecule is CCc1ccc(S(=O)(=O)N2CCC(C)CC2)cc1CNC. The van der Waals surface area contributed by atoms with Crippen LogP contribution < -0.4 is 5.32 Å². The molecular formula is C16H26N2O2S. The average molecular weight is 310 g/mol. The minimum Gasteiger partial charge on any atom is -0.316 e. The lowest BCUT2D eigenvalue weighted by molar-refractivity contribution is 0.288. The second-order valence-corrected chi connectivity index (χ2v) is 7.84. The molecule has 0 aliphatic carbocycles. The lowest BCUT2D eigenvalue weighted by Crippen LogP contribution is -2.37. The van der Waals surface area contributed by atoms with Crippen molar-refractivity contribution in [1.29, 1.82) is 0 Å². The van der Waals surface area contributed by atoms with Crippen LogP contribution >= 0.6 is 0 Å². The van der Waals surface area contributed by atoms with E-state index in [1.807, 2.05) is 19.2 Å². The first-order valence-electron chi connectivity index (χ1n) is 7.75. The van der Waals surface area contributed by atoms with Crippen LogP contribution in [0.4, 0.5) is 0 Å². The summed E-state index contributed by atoms with van der Waals surface area (Å²) in [5.41, 5.74) is 2.28. The molecule has 0 spiro atoms. The molecule has 4 nitrogen and oxygen atoms in total. The third-order valence-corrected chi connectivity index (χ3v) is 6.20. The highest BCUT2D eigenvalue weighted by Gasteiger charge is 2.28. The highest BCUT2D eigenvalue weighted by Crippen LogP contribution is 2.25. The highest BCUT2D eigenvalue weighted by atomic mass is 32.2. The molecule has 118 valence electrons. The normalized spacial score (nSPS) is 18.0. The van der Waals surface area contributed by atoms with Gasteiger partial charge >= 0.3 is 0 Å². The fourth-order valence-electron chi connectivity index (χ4n) is 2.84. The van der Waals surface area contributed by atoms with E-state index < -0.39 is 10.0 Å². The van der Waals surface area contributed by atoms with Gasteiger partial charge in [0.05, 0.1) is 4.90 Å². The number of nitrogens with zero attached hydrogens (tertiary/aromatic N) is 1. The first-order valence-corrected chi connectivity index (χ1v) is 9.19. The number of piperidine rings is 1. The monoisotopic (exact) mass is 310 g/mol. The molecule has 2 rings (SSSR count). The van der Waals surface area contributed by atoms with E-state index >= 15 is 0 Å². The zero-order chi connectivity index (χ0) is 15.5. The van der Waals surface area contributed by atoms with Gasteiger partial charge in [0.15, 0.2) is 0 Å². The van der Waals surface area contributed by atoms with Crippen LogP contribution in [-0.2, 0) is 23.0 Å². The van der Waals surface area contributed by atoms with Crippen molar-refractivity contribution < 1.29 is 8.42 Å². The van der Waals surface area contributed by atoms with Gasteiger partial charge in [-0.3, -0.25) is 0 Å². The van der Waals surface area contributed by atoms with E-state index in [1.54, 1.807) is 10.4 Å². The second-order valence-electron chi connectivity index (χ2n) is 5.90. The van der Waals surface area contributed by atoms with Crippen molar-refractivity contribution in [3.63, 3.8) is 0 Å². The zero-order valence-electron chi connectivity index (χ0n) is 13.2. The van der Waals surface area contributed by atoms with Crippen LogP contribution in [0.1, 0.15) is 37.8 Å². The maximum atomic E-state index is 12.8.